The molecular weight excluding hydrogens is 317 g/mol. The number of hydrogen-bond acceptors (Lipinski definition) is 2. The van der Waals surface area contributed by atoms with Crippen LogP contribution in [0.3, 0.4) is 0 Å². The highest BCUT2D eigenvalue weighted by Crippen LogP contribution is 2.22. The van der Waals surface area contributed by atoms with Crippen LogP contribution in [0.1, 0.15) is 38.9 Å². The number of aromatic nitrogens is 2. The minimum atomic E-state index is -0.463. The lowest BCUT2D eigenvalue weighted by molar-refractivity contribution is 0.0941. The van der Waals surface area contributed by atoms with Crippen molar-refractivity contribution in [3.05, 3.63) is 88.8 Å². The number of carbonyl (C=O) groups excluding carboxylic acids is 1. The number of rotatable bonds is 4. The topological polar surface area (TPSA) is 46.9 Å². The van der Waals surface area contributed by atoms with Crippen LogP contribution in [0, 0.1) is 19.7 Å². The molecule has 0 fully saturated rings. The van der Waals surface area contributed by atoms with Crippen molar-refractivity contribution in [3.8, 4) is 0 Å². The van der Waals surface area contributed by atoms with Crippen LogP contribution in [0.15, 0.2) is 54.9 Å². The molecule has 0 aliphatic rings. The first kappa shape index (κ1) is 16.9. The number of halogens is 1. The Morgan fingerprint density at radius 2 is 1.84 bits per heavy atom. The first-order valence-electron chi connectivity index (χ1n) is 8.06. The number of benzene rings is 2. The Morgan fingerprint density at radius 1 is 1.12 bits per heavy atom. The zero-order valence-electron chi connectivity index (χ0n) is 14.5. The Morgan fingerprint density at radius 3 is 2.44 bits per heavy atom. The summed E-state index contributed by atoms with van der Waals surface area (Å²) in [6.45, 7) is 3.98. The Bertz CT molecular complexity index is 900. The Kier molecular flexibility index (Phi) is 4.65. The minimum absolute atomic E-state index is 0.194. The van der Waals surface area contributed by atoms with Gasteiger partial charge in [0.05, 0.1) is 0 Å². The lowest BCUT2D eigenvalue weighted by atomic mass is 10.0. The molecular formula is C20H20FN3O. The predicted molar refractivity (Wildman–Crippen MR) is 94.8 cm³/mol. The summed E-state index contributed by atoms with van der Waals surface area (Å²) in [5, 5.41) is 3.01. The van der Waals surface area contributed by atoms with E-state index in [1.54, 1.807) is 24.4 Å². The second-order valence-corrected chi connectivity index (χ2v) is 6.15. The third-order valence-electron chi connectivity index (χ3n) is 4.36. The van der Waals surface area contributed by atoms with Crippen LogP contribution in [-0.2, 0) is 7.05 Å². The molecule has 0 saturated heterocycles. The van der Waals surface area contributed by atoms with Crippen molar-refractivity contribution in [3.63, 3.8) is 0 Å². The molecule has 1 amide bonds. The molecule has 0 spiro atoms. The molecule has 0 aliphatic heterocycles. The summed E-state index contributed by atoms with van der Waals surface area (Å²) >= 11 is 0. The minimum Gasteiger partial charge on any atom is -0.338 e. The molecule has 25 heavy (non-hydrogen) atoms. The highest BCUT2D eigenvalue weighted by molar-refractivity contribution is 5.94. The molecule has 1 heterocycles. The van der Waals surface area contributed by atoms with Gasteiger partial charge in [-0.1, -0.05) is 18.2 Å². The van der Waals surface area contributed by atoms with E-state index in [0.29, 0.717) is 11.4 Å². The van der Waals surface area contributed by atoms with E-state index in [-0.39, 0.29) is 11.7 Å². The van der Waals surface area contributed by atoms with Crippen molar-refractivity contribution in [2.45, 2.75) is 19.9 Å². The third-order valence-corrected chi connectivity index (χ3v) is 4.36. The molecule has 0 aliphatic carbocycles. The van der Waals surface area contributed by atoms with Crippen molar-refractivity contribution in [1.29, 1.82) is 0 Å². The average molecular weight is 337 g/mol. The second kappa shape index (κ2) is 6.89. The van der Waals surface area contributed by atoms with E-state index >= 15 is 0 Å². The van der Waals surface area contributed by atoms with E-state index in [1.165, 1.54) is 12.1 Å². The lowest BCUT2D eigenvalue weighted by Gasteiger charge is -2.19. The molecule has 0 bridgehead atoms. The third kappa shape index (κ3) is 3.60. The summed E-state index contributed by atoms with van der Waals surface area (Å²) in [5.41, 5.74) is 3.55. The number of imidazole rings is 1. The average Bonchev–Trinajstić information content (AvgIpc) is 3.01. The number of aryl methyl sites for hydroxylation is 3. The van der Waals surface area contributed by atoms with Gasteiger partial charge < -0.3 is 9.88 Å². The summed E-state index contributed by atoms with van der Waals surface area (Å²) in [5.74, 6) is 0.173. The smallest absolute Gasteiger partial charge is 0.252 e. The largest absolute Gasteiger partial charge is 0.338 e. The molecule has 0 radical (unpaired) electrons. The monoisotopic (exact) mass is 337 g/mol. The van der Waals surface area contributed by atoms with Crippen molar-refractivity contribution >= 4 is 5.91 Å². The zero-order chi connectivity index (χ0) is 18.0. The van der Waals surface area contributed by atoms with E-state index in [0.717, 1.165) is 16.7 Å². The summed E-state index contributed by atoms with van der Waals surface area (Å²) < 4.78 is 15.1. The Labute approximate surface area is 146 Å². The van der Waals surface area contributed by atoms with Gasteiger partial charge in [0.25, 0.3) is 5.91 Å². The molecule has 5 heteroatoms. The maximum Gasteiger partial charge on any atom is 0.252 e. The number of hydrogen-bond donors (Lipinski definition) is 1. The maximum absolute atomic E-state index is 13.3. The summed E-state index contributed by atoms with van der Waals surface area (Å²) in [6.07, 6.45) is 3.49. The number of carbonyl (C=O) groups is 1. The van der Waals surface area contributed by atoms with Crippen LogP contribution in [0.2, 0.25) is 0 Å². The maximum atomic E-state index is 13.3. The number of nitrogens with zero attached hydrogens (tertiary/aromatic N) is 2. The lowest BCUT2D eigenvalue weighted by Crippen LogP contribution is -2.31. The molecule has 2 aromatic carbocycles. The van der Waals surface area contributed by atoms with E-state index in [2.05, 4.69) is 10.3 Å². The standard InChI is InChI=1S/C20H20FN3O/c1-13-4-5-16(12-14(13)2)20(25)23-18(19-22-10-11-24(19)3)15-6-8-17(21)9-7-15/h4-12,18H,1-3H3,(H,23,25). The van der Waals surface area contributed by atoms with Gasteiger partial charge in [0.15, 0.2) is 0 Å². The van der Waals surface area contributed by atoms with Gasteiger partial charge in [-0.05, 0) is 54.8 Å². The first-order chi connectivity index (χ1) is 12.0. The van der Waals surface area contributed by atoms with Crippen LogP contribution < -0.4 is 5.32 Å². The fourth-order valence-electron chi connectivity index (χ4n) is 2.70. The van der Waals surface area contributed by atoms with Crippen LogP contribution in [0.5, 0.6) is 0 Å². The molecule has 0 saturated carbocycles. The summed E-state index contributed by atoms with van der Waals surface area (Å²) in [4.78, 5) is 17.1. The zero-order valence-corrected chi connectivity index (χ0v) is 14.5. The van der Waals surface area contributed by atoms with Crippen molar-refractivity contribution in [2.75, 3.05) is 0 Å². The summed E-state index contributed by atoms with van der Waals surface area (Å²) in [7, 11) is 1.86. The number of amides is 1. The highest BCUT2D eigenvalue weighted by atomic mass is 19.1. The van der Waals surface area contributed by atoms with Crippen molar-refractivity contribution in [2.24, 2.45) is 7.05 Å². The highest BCUT2D eigenvalue weighted by Gasteiger charge is 2.21. The molecule has 1 atom stereocenters. The van der Waals surface area contributed by atoms with E-state index in [9.17, 15) is 9.18 Å². The molecule has 4 nitrogen and oxygen atoms in total. The van der Waals surface area contributed by atoms with Gasteiger partial charge in [0.2, 0.25) is 0 Å². The molecule has 128 valence electrons. The van der Waals surface area contributed by atoms with Crippen molar-refractivity contribution < 1.29 is 9.18 Å². The molecule has 3 rings (SSSR count). The Balaban J connectivity index is 1.94. The van der Waals surface area contributed by atoms with E-state index in [4.69, 9.17) is 0 Å². The van der Waals surface area contributed by atoms with Gasteiger partial charge in [-0.2, -0.15) is 0 Å². The van der Waals surface area contributed by atoms with Crippen LogP contribution in [0.25, 0.3) is 0 Å². The fourth-order valence-corrected chi connectivity index (χ4v) is 2.70. The summed E-state index contributed by atoms with van der Waals surface area (Å²) in [6, 6.07) is 11.2. The van der Waals surface area contributed by atoms with Crippen molar-refractivity contribution in [1.82, 2.24) is 14.9 Å². The SMILES string of the molecule is Cc1ccc(C(=O)NC(c2ccc(F)cc2)c2nccn2C)cc1C. The van der Waals surface area contributed by atoms with Gasteiger partial charge >= 0.3 is 0 Å². The predicted octanol–water partition coefficient (Wildman–Crippen LogP) is 3.70. The molecule has 3 aromatic rings. The van der Waals surface area contributed by atoms with Gasteiger partial charge in [-0.15, -0.1) is 0 Å². The first-order valence-corrected chi connectivity index (χ1v) is 8.06. The Hall–Kier alpha value is -2.95. The van der Waals surface area contributed by atoms with E-state index in [1.807, 2.05) is 43.8 Å². The molecule has 1 unspecified atom stereocenters. The van der Waals surface area contributed by atoms with Gasteiger partial charge in [-0.3, -0.25) is 4.79 Å². The van der Waals surface area contributed by atoms with Gasteiger partial charge in [0.1, 0.15) is 17.7 Å². The van der Waals surface area contributed by atoms with Crippen LogP contribution >= 0.6 is 0 Å². The van der Waals surface area contributed by atoms with Gasteiger partial charge in [0, 0.05) is 25.0 Å². The van der Waals surface area contributed by atoms with E-state index < -0.39 is 6.04 Å². The quantitative estimate of drug-likeness (QED) is 0.789. The molecule has 1 aromatic heterocycles. The van der Waals surface area contributed by atoms with Crippen LogP contribution in [-0.4, -0.2) is 15.5 Å². The normalized spacial score (nSPS) is 12.0. The number of nitrogens with one attached hydrogen (secondary N) is 1. The second-order valence-electron chi connectivity index (χ2n) is 6.15. The van der Waals surface area contributed by atoms with Crippen LogP contribution in [0.4, 0.5) is 4.39 Å². The fraction of sp³-hybridized carbons (Fsp3) is 0.200. The molecule has 1 N–H and O–H groups in total. The van der Waals surface area contributed by atoms with Gasteiger partial charge in [-0.25, -0.2) is 9.37 Å².